The van der Waals surface area contributed by atoms with E-state index in [0.717, 1.165) is 36.7 Å². The Labute approximate surface area is 156 Å². The van der Waals surface area contributed by atoms with E-state index >= 15 is 0 Å². The van der Waals surface area contributed by atoms with Crippen molar-refractivity contribution < 1.29 is 9.90 Å². The zero-order valence-electron chi connectivity index (χ0n) is 14.8. The molecule has 3 aromatic rings. The lowest BCUT2D eigenvalue weighted by molar-refractivity contribution is -0.124. The molecule has 0 saturated heterocycles. The summed E-state index contributed by atoms with van der Waals surface area (Å²) >= 11 is 0. The van der Waals surface area contributed by atoms with Crippen LogP contribution in [0.4, 0.5) is 5.95 Å². The van der Waals surface area contributed by atoms with Crippen molar-refractivity contribution in [1.82, 2.24) is 30.4 Å². The Hall–Kier alpha value is -3.07. The van der Waals surface area contributed by atoms with Gasteiger partial charge in [0.1, 0.15) is 17.6 Å². The SMILES string of the molecule is O=C(CO)NC1CCC(N(c2ncccn2)n2nnc3ccccc32)CC1. The van der Waals surface area contributed by atoms with Crippen LogP contribution in [-0.2, 0) is 4.79 Å². The van der Waals surface area contributed by atoms with Crippen LogP contribution >= 0.6 is 0 Å². The van der Waals surface area contributed by atoms with E-state index in [-0.39, 0.29) is 18.0 Å². The summed E-state index contributed by atoms with van der Waals surface area (Å²) < 4.78 is 0. The number of fused-ring (bicyclic) bond motifs is 1. The van der Waals surface area contributed by atoms with E-state index in [1.807, 2.05) is 29.3 Å². The molecule has 0 aliphatic heterocycles. The van der Waals surface area contributed by atoms with Gasteiger partial charge in [0.15, 0.2) is 0 Å². The fraction of sp³-hybridized carbons (Fsp3) is 0.389. The lowest BCUT2D eigenvalue weighted by Crippen LogP contribution is -2.47. The summed E-state index contributed by atoms with van der Waals surface area (Å²) in [5.74, 6) is 0.236. The van der Waals surface area contributed by atoms with Crippen LogP contribution in [0.25, 0.3) is 11.0 Å². The molecule has 9 nitrogen and oxygen atoms in total. The van der Waals surface area contributed by atoms with Crippen LogP contribution in [0.2, 0.25) is 0 Å². The first kappa shape index (κ1) is 17.3. The molecule has 140 valence electrons. The second-order valence-corrected chi connectivity index (χ2v) is 6.59. The molecule has 1 fully saturated rings. The maximum atomic E-state index is 11.4. The van der Waals surface area contributed by atoms with Gasteiger partial charge in [0.05, 0.1) is 6.04 Å². The van der Waals surface area contributed by atoms with Gasteiger partial charge in [0.25, 0.3) is 0 Å². The molecule has 1 amide bonds. The summed E-state index contributed by atoms with van der Waals surface area (Å²) in [5.41, 5.74) is 1.70. The van der Waals surface area contributed by atoms with E-state index in [1.54, 1.807) is 23.3 Å². The third-order valence-corrected chi connectivity index (χ3v) is 4.85. The molecule has 2 aromatic heterocycles. The summed E-state index contributed by atoms with van der Waals surface area (Å²) in [7, 11) is 0. The van der Waals surface area contributed by atoms with Gasteiger partial charge < -0.3 is 10.4 Å². The van der Waals surface area contributed by atoms with Crippen molar-refractivity contribution in [3.8, 4) is 0 Å². The van der Waals surface area contributed by atoms with Crippen LogP contribution in [0.3, 0.4) is 0 Å². The van der Waals surface area contributed by atoms with E-state index in [4.69, 9.17) is 5.11 Å². The zero-order chi connectivity index (χ0) is 18.6. The highest BCUT2D eigenvalue weighted by atomic mass is 16.3. The van der Waals surface area contributed by atoms with Gasteiger partial charge in [-0.05, 0) is 49.1 Å². The summed E-state index contributed by atoms with van der Waals surface area (Å²) in [6.07, 6.45) is 6.72. The molecule has 1 aliphatic carbocycles. The molecule has 1 saturated carbocycles. The predicted octanol–water partition coefficient (Wildman–Crippen LogP) is 0.911. The Bertz CT molecular complexity index is 906. The molecule has 0 atom stereocenters. The first-order valence-electron chi connectivity index (χ1n) is 9.03. The largest absolute Gasteiger partial charge is 0.387 e. The standard InChI is InChI=1S/C18H21N7O2/c26-12-17(27)21-13-6-8-14(9-7-13)24(18-19-10-3-11-20-18)25-16-5-2-1-4-15(16)22-23-25/h1-5,10-11,13-14,26H,6-9,12H2,(H,21,27). The predicted molar refractivity (Wildman–Crippen MR) is 98.7 cm³/mol. The topological polar surface area (TPSA) is 109 Å². The van der Waals surface area contributed by atoms with E-state index < -0.39 is 6.61 Å². The molecule has 2 heterocycles. The number of rotatable bonds is 5. The molecule has 0 bridgehead atoms. The van der Waals surface area contributed by atoms with Crippen LogP contribution in [0, 0.1) is 0 Å². The fourth-order valence-electron chi connectivity index (χ4n) is 3.57. The molecule has 2 N–H and O–H groups in total. The number of nitrogens with one attached hydrogen (secondary N) is 1. The van der Waals surface area contributed by atoms with Gasteiger partial charge in [0, 0.05) is 18.4 Å². The Balaban J connectivity index is 1.62. The van der Waals surface area contributed by atoms with Crippen LogP contribution < -0.4 is 10.3 Å². The average molecular weight is 367 g/mol. The van der Waals surface area contributed by atoms with Gasteiger partial charge in [-0.1, -0.05) is 12.1 Å². The highest BCUT2D eigenvalue weighted by Crippen LogP contribution is 2.27. The average Bonchev–Trinajstić information content (AvgIpc) is 3.14. The number of amides is 1. The minimum Gasteiger partial charge on any atom is -0.387 e. The van der Waals surface area contributed by atoms with Gasteiger partial charge >= 0.3 is 0 Å². The molecule has 9 heteroatoms. The summed E-state index contributed by atoms with van der Waals surface area (Å²) in [4.78, 5) is 22.0. The minimum atomic E-state index is -0.477. The van der Waals surface area contributed by atoms with Gasteiger partial charge in [0.2, 0.25) is 11.9 Å². The highest BCUT2D eigenvalue weighted by molar-refractivity contribution is 5.77. The van der Waals surface area contributed by atoms with E-state index in [2.05, 4.69) is 25.6 Å². The van der Waals surface area contributed by atoms with Crippen molar-refractivity contribution in [1.29, 1.82) is 0 Å². The second-order valence-electron chi connectivity index (χ2n) is 6.59. The number of hydrogen-bond acceptors (Lipinski definition) is 7. The van der Waals surface area contributed by atoms with Crippen LogP contribution in [0.1, 0.15) is 25.7 Å². The first-order chi connectivity index (χ1) is 13.3. The van der Waals surface area contributed by atoms with Crippen molar-refractivity contribution in [2.75, 3.05) is 11.6 Å². The number of aliphatic hydroxyl groups excluding tert-OH is 1. The maximum absolute atomic E-state index is 11.4. The minimum absolute atomic E-state index is 0.0759. The summed E-state index contributed by atoms with van der Waals surface area (Å²) in [6.45, 7) is -0.477. The number of para-hydroxylation sites is 1. The van der Waals surface area contributed by atoms with Crippen molar-refractivity contribution in [2.45, 2.75) is 37.8 Å². The third-order valence-electron chi connectivity index (χ3n) is 4.85. The van der Waals surface area contributed by atoms with Gasteiger partial charge in [-0.2, -0.15) is 0 Å². The smallest absolute Gasteiger partial charge is 0.246 e. The van der Waals surface area contributed by atoms with Crippen LogP contribution in [0.15, 0.2) is 42.7 Å². The lowest BCUT2D eigenvalue weighted by atomic mass is 9.91. The van der Waals surface area contributed by atoms with Gasteiger partial charge in [-0.3, -0.25) is 4.79 Å². The van der Waals surface area contributed by atoms with Crippen molar-refractivity contribution in [3.63, 3.8) is 0 Å². The number of carbonyl (C=O) groups is 1. The van der Waals surface area contributed by atoms with Crippen molar-refractivity contribution in [3.05, 3.63) is 42.7 Å². The molecule has 27 heavy (non-hydrogen) atoms. The molecule has 0 spiro atoms. The maximum Gasteiger partial charge on any atom is 0.246 e. The molecule has 4 rings (SSSR count). The zero-order valence-corrected chi connectivity index (χ0v) is 14.8. The lowest BCUT2D eigenvalue weighted by Gasteiger charge is -2.36. The monoisotopic (exact) mass is 367 g/mol. The van der Waals surface area contributed by atoms with Crippen molar-refractivity contribution in [2.24, 2.45) is 0 Å². The number of anilines is 1. The molecule has 1 aromatic carbocycles. The summed E-state index contributed by atoms with van der Waals surface area (Å²) in [5, 5.41) is 22.4. The Morgan fingerprint density at radius 3 is 2.63 bits per heavy atom. The Kier molecular flexibility index (Phi) is 4.93. The number of nitrogens with zero attached hydrogens (tertiary/aromatic N) is 6. The number of carbonyl (C=O) groups excluding carboxylic acids is 1. The van der Waals surface area contributed by atoms with E-state index in [0.29, 0.717) is 5.95 Å². The normalized spacial score (nSPS) is 19.7. The first-order valence-corrected chi connectivity index (χ1v) is 9.03. The summed E-state index contributed by atoms with van der Waals surface area (Å²) in [6, 6.07) is 9.75. The third kappa shape index (κ3) is 3.59. The molecule has 1 aliphatic rings. The van der Waals surface area contributed by atoms with Crippen LogP contribution in [-0.4, -0.2) is 54.8 Å². The van der Waals surface area contributed by atoms with Gasteiger partial charge in [-0.25, -0.2) is 15.0 Å². The Morgan fingerprint density at radius 2 is 1.89 bits per heavy atom. The molecular weight excluding hydrogens is 346 g/mol. The molecule has 0 unspecified atom stereocenters. The number of benzene rings is 1. The fourth-order valence-corrected chi connectivity index (χ4v) is 3.57. The van der Waals surface area contributed by atoms with E-state index in [9.17, 15) is 4.79 Å². The second kappa shape index (κ2) is 7.67. The number of aromatic nitrogens is 5. The van der Waals surface area contributed by atoms with Gasteiger partial charge in [-0.15, -0.1) is 9.89 Å². The van der Waals surface area contributed by atoms with E-state index in [1.165, 1.54) is 0 Å². The Morgan fingerprint density at radius 1 is 1.15 bits per heavy atom. The molecular formula is C18H21N7O2. The highest BCUT2D eigenvalue weighted by Gasteiger charge is 2.30. The number of hydrogen-bond donors (Lipinski definition) is 2. The number of aliphatic hydroxyl groups is 1. The quantitative estimate of drug-likeness (QED) is 0.690. The van der Waals surface area contributed by atoms with Crippen LogP contribution in [0.5, 0.6) is 0 Å². The molecule has 0 radical (unpaired) electrons. The van der Waals surface area contributed by atoms with Crippen molar-refractivity contribution >= 4 is 22.9 Å².